The maximum Gasteiger partial charge on any atom is 0 e. The summed E-state index contributed by atoms with van der Waals surface area (Å²) < 4.78 is 72.3. The molecule has 0 spiro atoms. The molecule has 0 saturated carbocycles. The van der Waals surface area contributed by atoms with Crippen LogP contribution in [0.25, 0.3) is 78.1 Å². The number of hydrogen-bond acceptors (Lipinski definition) is 5. The Morgan fingerprint density at radius 2 is 0.907 bits per heavy atom. The number of pyridine rings is 4. The Bertz CT molecular complexity index is 4560. The van der Waals surface area contributed by atoms with Gasteiger partial charge in [0.05, 0.1) is 21.7 Å². The standard InChI is InChI=1S/C24H28NSi.2C21H30GeN.C20H18NOSi.2Ir/c1-18(2)14-22-16-23(25-17-24(22)26(3,4)5)21-13-9-12-20(15-21)19-10-7-6-8-11-19;2*1-6-22(7-2,8-3)20-16-23-21(15-19(20)14-17(4)5)18-12-10-9-11-13-18;1-23(2,3)15-9-10-18(21-13-15)14-8-11-20-17(12-14)16-6-4-5-7-19(16)22-20;;/h6-12,15-18H,14H2,1-5H3;2*9-12,15-17H,6-8,14H2,1-5H3;4-7,9-13H,1-3H3;;/q4*-1;;/i;2*9D,10D,11D,12D;;;. The van der Waals surface area contributed by atoms with E-state index in [0.717, 1.165) is 63.7 Å². The molecule has 0 atom stereocenters. The van der Waals surface area contributed by atoms with Crippen LogP contribution >= 0.6 is 0 Å². The summed E-state index contributed by atoms with van der Waals surface area (Å²) in [4.78, 5) is 18.8. The van der Waals surface area contributed by atoms with Crippen LogP contribution in [-0.4, -0.2) is 62.6 Å². The quantitative estimate of drug-likeness (QED) is 0.0530. The second kappa shape index (κ2) is 37.3. The minimum Gasteiger partial charge on any atom is 0 e. The minimum atomic E-state index is -2.19. The molecular formula is C86H106Ge2Ir2N4OSi2-4. The molecule has 0 amide bonds. The molecule has 6 aromatic carbocycles. The Morgan fingerprint density at radius 3 is 1.40 bits per heavy atom. The van der Waals surface area contributed by atoms with E-state index in [4.69, 9.17) is 20.4 Å². The first kappa shape index (κ1) is 68.7. The molecule has 2 radical (unpaired) electrons. The van der Waals surface area contributed by atoms with E-state index in [-0.39, 0.29) is 88.6 Å². The summed E-state index contributed by atoms with van der Waals surface area (Å²) in [7, 11) is -2.72. The van der Waals surface area contributed by atoms with Crippen LogP contribution in [0.3, 0.4) is 0 Å². The van der Waals surface area contributed by atoms with E-state index in [1.807, 2.05) is 55.0 Å². The molecule has 0 fully saturated rings. The summed E-state index contributed by atoms with van der Waals surface area (Å²) in [6.07, 6.45) is 11.2. The first-order valence-corrected chi connectivity index (χ1v) is 52.6. The molecule has 0 aliphatic carbocycles. The normalized spacial score (nSPS) is 12.8. The third kappa shape index (κ3) is 21.1. The van der Waals surface area contributed by atoms with E-state index in [0.29, 0.717) is 40.3 Å². The molecule has 11 aromatic rings. The Morgan fingerprint density at radius 1 is 0.433 bits per heavy atom. The van der Waals surface area contributed by atoms with Gasteiger partial charge in [-0.15, -0.1) is 59.2 Å². The van der Waals surface area contributed by atoms with Gasteiger partial charge in [-0.2, -0.15) is 0 Å². The van der Waals surface area contributed by atoms with Crippen molar-refractivity contribution >= 4 is 83.8 Å². The first-order valence-electron chi connectivity index (χ1n) is 38.6. The topological polar surface area (TPSA) is 64.7 Å². The van der Waals surface area contributed by atoms with Crippen molar-refractivity contribution < 1.29 is 55.6 Å². The molecule has 11 heteroatoms. The Hall–Kier alpha value is -5.46. The number of nitrogens with zero attached hydrogens (tertiary/aromatic N) is 4. The van der Waals surface area contributed by atoms with E-state index in [1.165, 1.54) is 78.5 Å². The van der Waals surface area contributed by atoms with Crippen molar-refractivity contribution in [2.75, 3.05) is 0 Å². The molecule has 0 bridgehead atoms. The SMILES string of the molecule is CC(C)Cc1cc(-c2[c-]ccc(-c3ccccc3)c2)ncc1[Si](C)(C)C.C[Si](C)(C)c1ccc(-c2[c-]cc3oc4ccccc4c3c2)nc1.[2H]c1[c-]c(-c2cc(CC(C)C)[c]([Ge]([CH2]C)([CH2]C)[CH2]C)cn2)c([2H])c([2H])c1[2H].[2H]c1[c-]c(-c2cc(CC(C)C)[c]([Ge]([CH2]C)([CH2]C)[CH2]C)cn2)c([2H])c([2H])c1[2H].[Ir].[Ir]. The monoisotopic (exact) mass is 1810 g/mol. The summed E-state index contributed by atoms with van der Waals surface area (Å²) in [5.74, 6) is 1.66. The smallest absolute Gasteiger partial charge is 0 e. The zero-order valence-electron chi connectivity index (χ0n) is 68.7. The van der Waals surface area contributed by atoms with Crippen molar-refractivity contribution in [3.63, 3.8) is 0 Å². The molecule has 0 saturated heterocycles. The molecule has 0 aliphatic heterocycles. The van der Waals surface area contributed by atoms with Gasteiger partial charge in [-0.1, -0.05) is 131 Å². The van der Waals surface area contributed by atoms with Gasteiger partial charge < -0.3 is 14.4 Å². The predicted molar refractivity (Wildman–Crippen MR) is 422 cm³/mol. The van der Waals surface area contributed by atoms with Gasteiger partial charge in [0.2, 0.25) is 0 Å². The maximum absolute atomic E-state index is 8.22. The fraction of sp³-hybridized carbons (Fsp3) is 0.349. The van der Waals surface area contributed by atoms with Crippen LogP contribution in [0.15, 0.2) is 193 Å². The van der Waals surface area contributed by atoms with E-state index >= 15 is 0 Å². The first-order chi connectivity index (χ1) is 48.8. The van der Waals surface area contributed by atoms with Gasteiger partial charge in [0.25, 0.3) is 0 Å². The van der Waals surface area contributed by atoms with Crippen LogP contribution in [0.4, 0.5) is 0 Å². The van der Waals surface area contributed by atoms with Crippen molar-refractivity contribution in [2.45, 2.75) is 173 Å². The third-order valence-electron chi connectivity index (χ3n) is 18.8. The van der Waals surface area contributed by atoms with Crippen molar-refractivity contribution in [1.82, 2.24) is 19.9 Å². The van der Waals surface area contributed by atoms with Gasteiger partial charge in [0.1, 0.15) is 5.58 Å². The number of aromatic nitrogens is 4. The molecule has 0 unspecified atom stereocenters. The van der Waals surface area contributed by atoms with E-state index in [9.17, 15) is 0 Å². The molecule has 97 heavy (non-hydrogen) atoms. The molecule has 5 nitrogen and oxygen atoms in total. The van der Waals surface area contributed by atoms with Crippen molar-refractivity contribution in [2.24, 2.45) is 17.8 Å². The van der Waals surface area contributed by atoms with Gasteiger partial charge >= 0.3 is 300 Å². The predicted octanol–water partition coefficient (Wildman–Crippen LogP) is 21.9. The molecule has 0 N–H and O–H groups in total. The van der Waals surface area contributed by atoms with Gasteiger partial charge in [0.15, 0.2) is 0 Å². The number of furan rings is 1. The largest absolute Gasteiger partial charge is 0 e. The van der Waals surface area contributed by atoms with Crippen molar-refractivity contribution in [1.29, 1.82) is 0 Å². The summed E-state index contributed by atoms with van der Waals surface area (Å²) >= 11 is -4.38. The summed E-state index contributed by atoms with van der Waals surface area (Å²) in [6.45, 7) is 41.5. The van der Waals surface area contributed by atoms with Crippen LogP contribution < -0.4 is 19.2 Å². The second-order valence-corrected chi connectivity index (χ2v) is 60.7. The summed E-state index contributed by atoms with van der Waals surface area (Å²) in [5.41, 5.74) is 14.3. The molecule has 514 valence electrons. The van der Waals surface area contributed by atoms with Crippen LogP contribution in [0.5, 0.6) is 0 Å². The third-order valence-corrected chi connectivity index (χ3v) is 46.6. The van der Waals surface area contributed by atoms with Crippen molar-refractivity contribution in [3.05, 3.63) is 229 Å². The second-order valence-electron chi connectivity index (χ2n) is 28.7. The number of rotatable bonds is 21. The Balaban J connectivity index is 0.000000218. The van der Waals surface area contributed by atoms with E-state index < -0.39 is 42.7 Å². The fourth-order valence-electron chi connectivity index (χ4n) is 13.0. The van der Waals surface area contributed by atoms with Crippen LogP contribution in [0.2, 0.25) is 70.8 Å². The molecular weight excluding hydrogens is 1690 g/mol. The fourth-order valence-corrected chi connectivity index (χ4v) is 31.7. The maximum atomic E-state index is 8.22. The number of hydrogen-bond donors (Lipinski definition) is 0. The van der Waals surface area contributed by atoms with E-state index in [2.05, 4.69) is 247 Å². The van der Waals surface area contributed by atoms with Gasteiger partial charge in [0, 0.05) is 58.0 Å². The average Bonchev–Trinajstić information content (AvgIpc) is 1.34. The number of benzene rings is 6. The molecule has 5 aromatic heterocycles. The Labute approximate surface area is 630 Å². The van der Waals surface area contributed by atoms with Crippen LogP contribution in [0, 0.1) is 42.0 Å². The number of para-hydroxylation sites is 1. The summed E-state index contributed by atoms with van der Waals surface area (Å²) in [5, 5.41) is 12.5. The van der Waals surface area contributed by atoms with E-state index in [1.54, 1.807) is 0 Å². The molecule has 5 heterocycles. The van der Waals surface area contributed by atoms with Gasteiger partial charge in [-0.25, -0.2) is 0 Å². The van der Waals surface area contributed by atoms with Crippen molar-refractivity contribution in [3.8, 4) is 56.2 Å². The van der Waals surface area contributed by atoms with Crippen LogP contribution in [0.1, 0.15) is 111 Å². The zero-order chi connectivity index (χ0) is 75.5. The Kier molecular flexibility index (Phi) is 26.4. The number of fused-ring (bicyclic) bond motifs is 3. The minimum absolute atomic E-state index is 0. The average molecular weight is 1810 g/mol. The van der Waals surface area contributed by atoms with Gasteiger partial charge in [-0.05, 0) is 45.7 Å². The molecule has 11 rings (SSSR count). The zero-order valence-corrected chi connectivity index (χ0v) is 71.7. The van der Waals surface area contributed by atoms with Gasteiger partial charge in [-0.3, -0.25) is 0 Å². The summed E-state index contributed by atoms with van der Waals surface area (Å²) in [6, 6.07) is 50.6. The van der Waals surface area contributed by atoms with Crippen LogP contribution in [-0.2, 0) is 59.5 Å². The molecule has 0 aliphatic rings.